The van der Waals surface area contributed by atoms with Gasteiger partial charge >= 0.3 is 0 Å². The van der Waals surface area contributed by atoms with E-state index in [0.717, 1.165) is 37.2 Å². The second kappa shape index (κ2) is 8.46. The number of nitrogens with zero attached hydrogens (tertiary/aromatic N) is 1. The molecule has 0 heterocycles. The lowest BCUT2D eigenvalue weighted by Gasteiger charge is -2.26. The molecular formula is C16H27N3O. The van der Waals surface area contributed by atoms with Gasteiger partial charge in [-0.1, -0.05) is 32.9 Å². The van der Waals surface area contributed by atoms with E-state index in [2.05, 4.69) is 26.1 Å². The Hall–Kier alpha value is -1.71. The van der Waals surface area contributed by atoms with Gasteiger partial charge in [-0.3, -0.25) is 4.79 Å². The van der Waals surface area contributed by atoms with Gasteiger partial charge in [0, 0.05) is 12.6 Å². The first kappa shape index (κ1) is 16.3. The third-order valence-corrected chi connectivity index (χ3v) is 3.46. The number of amides is 1. The molecule has 4 nitrogen and oxygen atoms in total. The molecule has 0 saturated heterocycles. The highest BCUT2D eigenvalue weighted by Gasteiger charge is 2.15. The Morgan fingerprint density at radius 2 is 1.90 bits per heavy atom. The summed E-state index contributed by atoms with van der Waals surface area (Å²) in [7, 11) is 0. The van der Waals surface area contributed by atoms with Crippen LogP contribution < -0.4 is 16.0 Å². The van der Waals surface area contributed by atoms with Crippen LogP contribution in [0.1, 0.15) is 40.0 Å². The third-order valence-electron chi connectivity index (χ3n) is 3.46. The van der Waals surface area contributed by atoms with Crippen molar-refractivity contribution >= 4 is 17.3 Å². The van der Waals surface area contributed by atoms with Crippen LogP contribution in [0.25, 0.3) is 0 Å². The summed E-state index contributed by atoms with van der Waals surface area (Å²) in [6.45, 7) is 7.47. The summed E-state index contributed by atoms with van der Waals surface area (Å²) in [5.41, 5.74) is 7.67. The van der Waals surface area contributed by atoms with Crippen molar-refractivity contribution in [3.05, 3.63) is 24.3 Å². The zero-order chi connectivity index (χ0) is 15.0. The van der Waals surface area contributed by atoms with Crippen LogP contribution in [0.15, 0.2) is 24.3 Å². The molecular weight excluding hydrogens is 250 g/mol. The van der Waals surface area contributed by atoms with Crippen LogP contribution in [0, 0.1) is 0 Å². The highest BCUT2D eigenvalue weighted by molar-refractivity contribution is 5.83. The van der Waals surface area contributed by atoms with Crippen molar-refractivity contribution in [1.29, 1.82) is 0 Å². The van der Waals surface area contributed by atoms with E-state index in [1.54, 1.807) is 0 Å². The lowest BCUT2D eigenvalue weighted by molar-refractivity contribution is -0.120. The quantitative estimate of drug-likeness (QED) is 0.718. The molecule has 0 saturated carbocycles. The molecule has 1 amide bonds. The van der Waals surface area contributed by atoms with Crippen LogP contribution in [0.4, 0.5) is 11.4 Å². The van der Waals surface area contributed by atoms with Crippen LogP contribution in [0.3, 0.4) is 0 Å². The number of benzene rings is 1. The average molecular weight is 277 g/mol. The van der Waals surface area contributed by atoms with Crippen molar-refractivity contribution in [2.24, 2.45) is 0 Å². The van der Waals surface area contributed by atoms with Crippen LogP contribution in [-0.4, -0.2) is 25.0 Å². The smallest absolute Gasteiger partial charge is 0.239 e. The monoisotopic (exact) mass is 277 g/mol. The molecule has 0 radical (unpaired) electrons. The van der Waals surface area contributed by atoms with Gasteiger partial charge in [0.2, 0.25) is 5.91 Å². The Morgan fingerprint density at radius 3 is 2.45 bits per heavy atom. The topological polar surface area (TPSA) is 58.4 Å². The number of nitrogens with two attached hydrogens (primary N) is 1. The fourth-order valence-electron chi connectivity index (χ4n) is 2.27. The molecule has 0 spiro atoms. The Kier molecular flexibility index (Phi) is 6.91. The molecule has 1 aromatic carbocycles. The molecule has 0 atom stereocenters. The number of hydrogen-bond acceptors (Lipinski definition) is 3. The largest absolute Gasteiger partial charge is 0.397 e. The molecule has 3 N–H and O–H groups in total. The van der Waals surface area contributed by atoms with Crippen molar-refractivity contribution in [2.75, 3.05) is 23.7 Å². The zero-order valence-corrected chi connectivity index (χ0v) is 12.9. The molecule has 0 bridgehead atoms. The summed E-state index contributed by atoms with van der Waals surface area (Å²) >= 11 is 0. The Labute approximate surface area is 122 Å². The lowest BCUT2D eigenvalue weighted by Crippen LogP contribution is -2.42. The first-order valence-electron chi connectivity index (χ1n) is 7.51. The van der Waals surface area contributed by atoms with E-state index in [-0.39, 0.29) is 11.9 Å². The van der Waals surface area contributed by atoms with Crippen LogP contribution in [0.5, 0.6) is 0 Å². The summed E-state index contributed by atoms with van der Waals surface area (Å²) in [5, 5.41) is 3.07. The van der Waals surface area contributed by atoms with Gasteiger partial charge < -0.3 is 16.0 Å². The number of nitrogens with one attached hydrogen (secondary N) is 1. The second-order valence-corrected chi connectivity index (χ2v) is 5.06. The predicted octanol–water partition coefficient (Wildman–Crippen LogP) is 2.79. The number of hydrogen-bond donors (Lipinski definition) is 2. The minimum Gasteiger partial charge on any atom is -0.397 e. The second-order valence-electron chi connectivity index (χ2n) is 5.06. The van der Waals surface area contributed by atoms with Crippen molar-refractivity contribution in [1.82, 2.24) is 5.32 Å². The highest BCUT2D eigenvalue weighted by Crippen LogP contribution is 2.22. The predicted molar refractivity (Wildman–Crippen MR) is 85.9 cm³/mol. The van der Waals surface area contributed by atoms with Gasteiger partial charge in [-0.25, -0.2) is 0 Å². The molecule has 1 aromatic rings. The number of anilines is 2. The first-order chi connectivity index (χ1) is 9.62. The maximum Gasteiger partial charge on any atom is 0.239 e. The fraction of sp³-hybridized carbons (Fsp3) is 0.562. The number of carbonyl (C=O) groups excluding carboxylic acids is 1. The number of para-hydroxylation sites is 2. The summed E-state index contributed by atoms with van der Waals surface area (Å²) in [4.78, 5) is 14.2. The zero-order valence-electron chi connectivity index (χ0n) is 12.9. The maximum atomic E-state index is 12.1. The van der Waals surface area contributed by atoms with Gasteiger partial charge in [-0.05, 0) is 31.4 Å². The van der Waals surface area contributed by atoms with Gasteiger partial charge in [0.05, 0.1) is 17.9 Å². The molecule has 0 aromatic heterocycles. The number of carbonyl (C=O) groups is 1. The van der Waals surface area contributed by atoms with Crippen LogP contribution >= 0.6 is 0 Å². The SMILES string of the molecule is CCCN(CC(=O)NC(CC)CC)c1ccccc1N. The van der Waals surface area contributed by atoms with E-state index in [4.69, 9.17) is 5.73 Å². The molecule has 1 rings (SSSR count). The summed E-state index contributed by atoms with van der Waals surface area (Å²) < 4.78 is 0. The third kappa shape index (κ3) is 4.76. The number of nitrogen functional groups attached to an aromatic ring is 1. The molecule has 112 valence electrons. The molecule has 0 aliphatic heterocycles. The van der Waals surface area contributed by atoms with Crippen LogP contribution in [0.2, 0.25) is 0 Å². The Bertz CT molecular complexity index is 416. The van der Waals surface area contributed by atoms with Crippen molar-refractivity contribution in [3.63, 3.8) is 0 Å². The molecule has 0 fully saturated rings. The average Bonchev–Trinajstić information content (AvgIpc) is 2.45. The first-order valence-corrected chi connectivity index (χ1v) is 7.51. The van der Waals surface area contributed by atoms with Crippen LogP contribution in [-0.2, 0) is 4.79 Å². The minimum atomic E-state index is 0.0652. The van der Waals surface area contributed by atoms with Gasteiger partial charge in [0.15, 0.2) is 0 Å². The van der Waals surface area contributed by atoms with Gasteiger partial charge in [-0.15, -0.1) is 0 Å². The van der Waals surface area contributed by atoms with E-state index in [1.807, 2.05) is 29.2 Å². The Morgan fingerprint density at radius 1 is 1.25 bits per heavy atom. The maximum absolute atomic E-state index is 12.1. The molecule has 0 unspecified atom stereocenters. The van der Waals surface area contributed by atoms with E-state index in [9.17, 15) is 4.79 Å². The van der Waals surface area contributed by atoms with E-state index < -0.39 is 0 Å². The molecule has 0 aliphatic rings. The van der Waals surface area contributed by atoms with E-state index >= 15 is 0 Å². The Balaban J connectivity index is 2.73. The molecule has 0 aliphatic carbocycles. The highest BCUT2D eigenvalue weighted by atomic mass is 16.2. The van der Waals surface area contributed by atoms with Gasteiger partial charge in [0.1, 0.15) is 0 Å². The minimum absolute atomic E-state index is 0.0652. The standard InChI is InChI=1S/C16H27N3O/c1-4-11-19(15-10-8-7-9-14(15)17)12-16(20)18-13(5-2)6-3/h7-10,13H,4-6,11-12,17H2,1-3H3,(H,18,20). The van der Waals surface area contributed by atoms with E-state index in [1.165, 1.54) is 0 Å². The molecule has 20 heavy (non-hydrogen) atoms. The fourth-order valence-corrected chi connectivity index (χ4v) is 2.27. The molecule has 4 heteroatoms. The van der Waals surface area contributed by atoms with E-state index in [0.29, 0.717) is 6.54 Å². The summed E-state index contributed by atoms with van der Waals surface area (Å²) in [6, 6.07) is 7.96. The van der Waals surface area contributed by atoms with Crippen molar-refractivity contribution in [3.8, 4) is 0 Å². The van der Waals surface area contributed by atoms with Gasteiger partial charge in [-0.2, -0.15) is 0 Å². The summed E-state index contributed by atoms with van der Waals surface area (Å²) in [5.74, 6) is 0.0652. The number of rotatable bonds is 8. The van der Waals surface area contributed by atoms with Crippen molar-refractivity contribution in [2.45, 2.75) is 46.1 Å². The lowest BCUT2D eigenvalue weighted by atomic mass is 10.1. The van der Waals surface area contributed by atoms with Gasteiger partial charge in [0.25, 0.3) is 0 Å². The normalized spacial score (nSPS) is 10.6. The van der Waals surface area contributed by atoms with Crippen molar-refractivity contribution < 1.29 is 4.79 Å². The summed E-state index contributed by atoms with van der Waals surface area (Å²) in [6.07, 6.45) is 2.90.